The molecule has 12 N–H and O–H groups in total. The van der Waals surface area contributed by atoms with Crippen LogP contribution >= 0.6 is 46.9 Å². The molecule has 2 saturated heterocycles. The van der Waals surface area contributed by atoms with E-state index in [2.05, 4.69) is 111 Å². The number of hydrogen-bond acceptors (Lipinski definition) is 42. The van der Waals surface area contributed by atoms with Gasteiger partial charge < -0.3 is 138 Å². The summed E-state index contributed by atoms with van der Waals surface area (Å²) in [5.74, 6) is -3.48. The summed E-state index contributed by atoms with van der Waals surface area (Å²) in [5.41, 5.74) is 9.02. The van der Waals surface area contributed by atoms with Crippen LogP contribution in [0.3, 0.4) is 0 Å². The number of aliphatic hydroxyl groups is 4. The number of amides is 4. The van der Waals surface area contributed by atoms with Crippen LogP contribution in [-0.4, -0.2) is 196 Å². The molecule has 48 nitrogen and oxygen atoms in total. The highest BCUT2D eigenvalue weighted by molar-refractivity contribution is 7.60. The number of imidazole rings is 2. The maximum atomic E-state index is 13.3. The van der Waals surface area contributed by atoms with Crippen molar-refractivity contribution in [3.05, 3.63) is 60.7 Å². The van der Waals surface area contributed by atoms with E-state index in [1.165, 1.54) is 27.7 Å². The van der Waals surface area contributed by atoms with Crippen molar-refractivity contribution < 1.29 is 161 Å². The summed E-state index contributed by atoms with van der Waals surface area (Å²) >= 11 is 0. The van der Waals surface area contributed by atoms with E-state index in [4.69, 9.17) is 20.9 Å². The molecule has 0 spiro atoms. The maximum Gasteiger partial charge on any atom is 0.274 e. The van der Waals surface area contributed by atoms with Gasteiger partial charge in [-0.25, -0.2) is 38.5 Å². The molecule has 4 amide bonds. The lowest BCUT2D eigenvalue weighted by molar-refractivity contribution is -0.348. The van der Waals surface area contributed by atoms with Crippen LogP contribution in [0.5, 0.6) is 0 Å². The Kier molecular flexibility index (Phi) is 33.2. The highest BCUT2D eigenvalue weighted by Crippen LogP contribution is 2.58. The SMILES string of the molecule is CC(C)(CCCCc1ccc(CCCCC2(C(=O)CCNC(=O)CCNC(=O)C(O)C(C)(C)COP(=O)([O-])OP(=O)([O-])OCC3OC(n4cnc5c(N)ncnc54)C(O)C3OP(=O)([O-])[O-])CC2)cc1)C(=O)CCNC(=O)CCNC(=O)C(O)C(C)(C)COP(=O)([O-])OP(=O)([O-])OCC1OC(n2cnc3c(N)ncnc32)C(O)C1OP(=O)([O-])[O-]. The zero-order valence-corrected chi connectivity index (χ0v) is 69.8. The lowest BCUT2D eigenvalue weighted by Gasteiger charge is -2.36. The Morgan fingerprint density at radius 2 is 0.924 bits per heavy atom. The highest BCUT2D eigenvalue weighted by Gasteiger charge is 2.51. The zero-order chi connectivity index (χ0) is 87.4. The van der Waals surface area contributed by atoms with E-state index in [1.807, 2.05) is 13.8 Å². The van der Waals surface area contributed by atoms with Crippen LogP contribution in [0.1, 0.15) is 142 Å². The van der Waals surface area contributed by atoms with Gasteiger partial charge in [-0.3, -0.25) is 56.2 Å². The third-order valence-corrected chi connectivity index (χ3v) is 25.6. The molecule has 14 atom stereocenters. The van der Waals surface area contributed by atoms with Crippen molar-refractivity contribution in [3.63, 3.8) is 0 Å². The topological polar surface area (TPSA) is 750 Å². The third-order valence-electron chi connectivity index (χ3n) is 19.6. The number of phosphoric acid groups is 6. The molecule has 660 valence electrons. The Morgan fingerprint density at radius 3 is 1.32 bits per heavy atom. The molecular formula is C64H92N14O34P6-8. The highest BCUT2D eigenvalue weighted by atomic mass is 31.3. The van der Waals surface area contributed by atoms with E-state index in [9.17, 15) is 116 Å². The van der Waals surface area contributed by atoms with E-state index in [-0.39, 0.29) is 97.4 Å². The summed E-state index contributed by atoms with van der Waals surface area (Å²) < 4.78 is 123. The smallest absolute Gasteiger partial charge is 0.274 e. The Hall–Kier alpha value is -6.36. The number of Topliss-reactive ketones (excluding diaryl/α,β-unsaturated/α-hetero) is 2. The largest absolute Gasteiger partial charge is 0.790 e. The first-order valence-electron chi connectivity index (χ1n) is 36.6. The van der Waals surface area contributed by atoms with Crippen molar-refractivity contribution in [2.75, 3.05) is 64.1 Å². The molecule has 8 rings (SSSR count). The molecule has 4 aromatic heterocycles. The number of anilines is 2. The second-order valence-electron chi connectivity index (χ2n) is 30.2. The number of ether oxygens (including phenoxy) is 2. The third kappa shape index (κ3) is 28.1. The number of rotatable bonds is 50. The first-order valence-corrected chi connectivity index (χ1v) is 45.4. The average molecular weight is 1790 g/mol. The van der Waals surface area contributed by atoms with Crippen molar-refractivity contribution in [1.82, 2.24) is 60.3 Å². The molecule has 6 heterocycles. The maximum absolute atomic E-state index is 13.3. The Balaban J connectivity index is 0.632. The van der Waals surface area contributed by atoms with Crippen LogP contribution in [0.15, 0.2) is 49.6 Å². The number of nitrogen functional groups attached to an aromatic ring is 2. The minimum atomic E-state index is -5.99. The fourth-order valence-corrected chi connectivity index (χ4v) is 18.1. The lowest BCUT2D eigenvalue weighted by Crippen LogP contribution is -2.46. The normalized spacial score (nSPS) is 22.4. The quantitative estimate of drug-likeness (QED) is 0.0134. The number of unbranched alkanes of at least 4 members (excludes halogenated alkanes) is 2. The van der Waals surface area contributed by atoms with Crippen LogP contribution in [0.4, 0.5) is 11.6 Å². The van der Waals surface area contributed by atoms with Gasteiger partial charge >= 0.3 is 0 Å². The molecule has 54 heteroatoms. The van der Waals surface area contributed by atoms with E-state index in [0.717, 1.165) is 96.9 Å². The number of nitrogens with two attached hydrogens (primary N) is 2. The molecule has 3 aliphatic rings. The number of carbonyl (C=O) groups excluding carboxylic acids is 6. The van der Waals surface area contributed by atoms with Crippen LogP contribution in [0.25, 0.3) is 22.3 Å². The zero-order valence-electron chi connectivity index (χ0n) is 64.4. The van der Waals surface area contributed by atoms with E-state index >= 15 is 0 Å². The molecule has 0 radical (unpaired) electrons. The number of fused-ring (bicyclic) bond motifs is 2. The van der Waals surface area contributed by atoms with Crippen molar-refractivity contribution in [3.8, 4) is 0 Å². The number of nitrogens with zero attached hydrogens (tertiary/aromatic N) is 8. The first-order chi connectivity index (χ1) is 54.8. The van der Waals surface area contributed by atoms with Gasteiger partial charge in [0.15, 0.2) is 35.4 Å². The van der Waals surface area contributed by atoms with Gasteiger partial charge in [-0.2, -0.15) is 0 Å². The van der Waals surface area contributed by atoms with Gasteiger partial charge in [-0.15, -0.1) is 0 Å². The summed E-state index contributed by atoms with van der Waals surface area (Å²) in [4.78, 5) is 198. The van der Waals surface area contributed by atoms with Crippen LogP contribution in [0.2, 0.25) is 0 Å². The predicted octanol–water partition coefficient (Wildman–Crippen LogP) is -3.38. The monoisotopic (exact) mass is 1790 g/mol. The molecule has 14 unspecified atom stereocenters. The number of aromatic nitrogens is 8. The van der Waals surface area contributed by atoms with E-state index in [1.54, 1.807) is 0 Å². The van der Waals surface area contributed by atoms with Gasteiger partial charge in [-0.1, -0.05) is 78.6 Å². The first kappa shape index (κ1) is 97.1. The average Bonchev–Trinajstić information content (AvgIpc) is 1.62. The molecule has 5 aromatic rings. The van der Waals surface area contributed by atoms with Gasteiger partial charge in [0.2, 0.25) is 23.6 Å². The fourth-order valence-electron chi connectivity index (χ4n) is 12.6. The summed E-state index contributed by atoms with van der Waals surface area (Å²) in [7, 11) is -35.6. The number of aryl methyl sites for hydroxylation is 2. The number of hydrogen-bond donors (Lipinski definition) is 10. The van der Waals surface area contributed by atoms with Crippen molar-refractivity contribution >= 4 is 116 Å². The number of aliphatic hydroxyl groups excluding tert-OH is 4. The molecule has 0 bridgehead atoms. The number of ketones is 2. The summed E-state index contributed by atoms with van der Waals surface area (Å²) in [6.07, 6.45) is -8.37. The van der Waals surface area contributed by atoms with Crippen molar-refractivity contribution in [2.24, 2.45) is 21.7 Å². The van der Waals surface area contributed by atoms with Crippen LogP contribution in [-0.2, 0) is 114 Å². The van der Waals surface area contributed by atoms with Crippen molar-refractivity contribution in [1.29, 1.82) is 0 Å². The number of carbonyl (C=O) groups is 6. The second kappa shape index (κ2) is 40.3. The molecule has 2 aliphatic heterocycles. The van der Waals surface area contributed by atoms with Crippen molar-refractivity contribution in [2.45, 2.75) is 193 Å². The van der Waals surface area contributed by atoms with Gasteiger partial charge in [0.1, 0.15) is 84.1 Å². The van der Waals surface area contributed by atoms with E-state index < -0.39 is 180 Å². The number of benzene rings is 1. The summed E-state index contributed by atoms with van der Waals surface area (Å²) in [6, 6.07) is 8.22. The van der Waals surface area contributed by atoms with Crippen LogP contribution < -0.4 is 71.9 Å². The minimum absolute atomic E-state index is 0.00319. The minimum Gasteiger partial charge on any atom is -0.790 e. The molecule has 1 aromatic carbocycles. The second-order valence-corrected chi connectivity index (χ2v) is 38.3. The summed E-state index contributed by atoms with van der Waals surface area (Å²) in [6.45, 7) is 3.04. The van der Waals surface area contributed by atoms with Gasteiger partial charge in [0.25, 0.3) is 31.3 Å². The standard InChI is InChI=1S/C64H100N14O34P6/c1-61(2,41(79)17-25-67-43(81)19-27-69-57(87)51(85)62(3,4)31-105-117(99,100)111-115(95,96)103-29-39-49(109-113(89,90)91)47(83)59(107-39)77-35-75-45-53(65)71-33-73-55(45)77)21-9-7-11-37-13-15-38(16-14-37)12-8-10-22-64(23-24-64)42(80)18-26-68-44(82)20-28-70-58(88)52(86)63(5,6)32-106-118(101,102)112-116(97,98)104-30-40-50(110-114(92,93)94)48(84)60(108-40)78-36-76-46-54(66)72-34-74-56(46)78/h13-16,33-36,39-40,47-52,59-60,83-86H,7-12,17-32H2,1-6H3,(H,67,81)(H,68,82)(H,69,87)(H,70,88)(H,95,96)(H,97,98)(H,99,100)(H,101,102)(H2,65,71,73)(H2,66,72,74)(H2,89,90,91)(H2,92,93,94)/p-8. The molecule has 1 aliphatic carbocycles. The molecular weight excluding hydrogens is 1690 g/mol. The van der Waals surface area contributed by atoms with E-state index in [0.29, 0.717) is 12.8 Å². The molecule has 118 heavy (non-hydrogen) atoms. The summed E-state index contributed by atoms with van der Waals surface area (Å²) in [5, 5.41) is 53.2. The number of phosphoric ester groups is 6. The fraction of sp³-hybridized carbons (Fsp3) is 0.656. The molecule has 3 fully saturated rings. The van der Waals surface area contributed by atoms with Crippen LogP contribution in [0, 0.1) is 21.7 Å². The molecule has 1 saturated carbocycles. The number of nitrogens with one attached hydrogen (secondary N) is 4. The predicted molar refractivity (Wildman–Crippen MR) is 388 cm³/mol. The Bertz CT molecular complexity index is 4390. The lowest BCUT2D eigenvalue weighted by atomic mass is 9.81. The van der Waals surface area contributed by atoms with Gasteiger partial charge in [0, 0.05) is 73.5 Å². The van der Waals surface area contributed by atoms with Gasteiger partial charge in [-0.05, 0) is 62.5 Å². The van der Waals surface area contributed by atoms with Gasteiger partial charge in [0.05, 0.1) is 54.7 Å². The Labute approximate surface area is 673 Å². The Morgan fingerprint density at radius 1 is 0.542 bits per heavy atom.